The summed E-state index contributed by atoms with van der Waals surface area (Å²) in [6.45, 7) is 1.67. The van der Waals surface area contributed by atoms with Crippen molar-refractivity contribution in [2.75, 3.05) is 40.2 Å². The second-order valence-corrected chi connectivity index (χ2v) is 11.9. The number of hydrogen-bond donors (Lipinski definition) is 1. The Kier molecular flexibility index (Phi) is 9.13. The highest BCUT2D eigenvalue weighted by molar-refractivity contribution is 7.92. The molecule has 1 N–H and O–H groups in total. The number of halogens is 2. The van der Waals surface area contributed by atoms with Crippen LogP contribution in [-0.4, -0.2) is 78.7 Å². The van der Waals surface area contributed by atoms with Gasteiger partial charge in [0, 0.05) is 44.1 Å². The number of methoxy groups -OCH3 is 1. The van der Waals surface area contributed by atoms with Crippen LogP contribution in [0.15, 0.2) is 41.5 Å². The first-order chi connectivity index (χ1) is 17.8. The molecule has 0 aliphatic rings. The fraction of sp³-hybridized carbons (Fsp3) is 0.423. The second-order valence-electron chi connectivity index (χ2n) is 9.47. The molecule has 0 aliphatic carbocycles. The second kappa shape index (κ2) is 11.8. The number of nitrogens with zero attached hydrogens (tertiary/aromatic N) is 3. The number of sulfone groups is 1. The number of fused-ring (bicyclic) bond motifs is 1. The van der Waals surface area contributed by atoms with Crippen molar-refractivity contribution in [3.8, 4) is 11.1 Å². The Hall–Kier alpha value is -3.06. The molecule has 0 radical (unpaired) electrons. The molecule has 1 atom stereocenters. The molecule has 3 rings (SSSR count). The van der Waals surface area contributed by atoms with E-state index in [1.54, 1.807) is 13.2 Å². The number of carbonyl (C=O) groups excluding carboxylic acids is 1. The Morgan fingerprint density at radius 1 is 1.18 bits per heavy atom. The molecule has 12 heteroatoms. The van der Waals surface area contributed by atoms with Crippen LogP contribution in [0.5, 0.6) is 0 Å². The summed E-state index contributed by atoms with van der Waals surface area (Å²) >= 11 is 0. The highest BCUT2D eigenvalue weighted by Crippen LogP contribution is 2.29. The summed E-state index contributed by atoms with van der Waals surface area (Å²) in [7, 11) is -0.440. The van der Waals surface area contributed by atoms with Gasteiger partial charge in [-0.3, -0.25) is 19.1 Å². The number of likely N-dealkylation sites (N-methyl/N-ethyl adjacent to an activating group) is 1. The first kappa shape index (κ1) is 29.5. The number of carbonyl (C=O) groups is 1. The largest absolute Gasteiger partial charge is 0.389 e. The molecule has 1 aromatic heterocycles. The SMILES string of the molecule is COCCN(C)Cc1ccc(-c2cc3ncn(CC[C@](C)(C(=O)CO)S(C)(=O)=O)c(=O)c3cc2F)c(F)c1. The van der Waals surface area contributed by atoms with Gasteiger partial charge in [0.2, 0.25) is 0 Å². The molecule has 9 nitrogen and oxygen atoms in total. The van der Waals surface area contributed by atoms with Crippen LogP contribution in [0.4, 0.5) is 8.78 Å². The first-order valence-corrected chi connectivity index (χ1v) is 13.7. The molecule has 0 bridgehead atoms. The number of aliphatic hydroxyl groups excluding tert-OH is 1. The molecular weight excluding hydrogens is 520 g/mol. The van der Waals surface area contributed by atoms with E-state index >= 15 is 4.39 Å². The number of hydrogen-bond acceptors (Lipinski definition) is 8. The normalized spacial score (nSPS) is 13.7. The lowest BCUT2D eigenvalue weighted by Gasteiger charge is -2.25. The van der Waals surface area contributed by atoms with Crippen LogP contribution in [0, 0.1) is 11.6 Å². The monoisotopic (exact) mass is 551 g/mol. The van der Waals surface area contributed by atoms with Crippen LogP contribution >= 0.6 is 0 Å². The summed E-state index contributed by atoms with van der Waals surface area (Å²) < 4.78 is 58.7. The molecule has 1 heterocycles. The zero-order chi connectivity index (χ0) is 28.3. The molecule has 38 heavy (non-hydrogen) atoms. The number of rotatable bonds is 12. The fourth-order valence-electron chi connectivity index (χ4n) is 4.09. The lowest BCUT2D eigenvalue weighted by molar-refractivity contribution is -0.124. The Morgan fingerprint density at radius 3 is 2.47 bits per heavy atom. The van der Waals surface area contributed by atoms with Gasteiger partial charge in [0.25, 0.3) is 5.56 Å². The van der Waals surface area contributed by atoms with Crippen LogP contribution < -0.4 is 5.56 Å². The maximum atomic E-state index is 15.1. The van der Waals surface area contributed by atoms with Gasteiger partial charge in [0.1, 0.15) is 23.0 Å². The maximum Gasteiger partial charge on any atom is 0.261 e. The van der Waals surface area contributed by atoms with E-state index in [1.165, 1.54) is 25.1 Å². The number of ether oxygens (including phenoxy) is 1. The quantitative estimate of drug-likeness (QED) is 0.364. The molecule has 2 aromatic carbocycles. The smallest absolute Gasteiger partial charge is 0.261 e. The van der Waals surface area contributed by atoms with Crippen LogP contribution in [0.3, 0.4) is 0 Å². The molecule has 0 spiro atoms. The van der Waals surface area contributed by atoms with Gasteiger partial charge in [-0.05, 0) is 44.2 Å². The van der Waals surface area contributed by atoms with Gasteiger partial charge in [0.15, 0.2) is 15.6 Å². The van der Waals surface area contributed by atoms with Crippen molar-refractivity contribution in [1.29, 1.82) is 0 Å². The molecular formula is C26H31F2N3O6S. The fourth-order valence-corrected chi connectivity index (χ4v) is 5.03. The summed E-state index contributed by atoms with van der Waals surface area (Å²) in [5, 5.41) is 9.13. The van der Waals surface area contributed by atoms with E-state index < -0.39 is 44.2 Å². The summed E-state index contributed by atoms with van der Waals surface area (Å²) in [6.07, 6.45) is 1.75. The summed E-state index contributed by atoms with van der Waals surface area (Å²) in [6, 6.07) is 6.76. The molecule has 0 aliphatic heterocycles. The molecule has 0 amide bonds. The van der Waals surface area contributed by atoms with E-state index in [2.05, 4.69) is 4.98 Å². The molecule has 0 fully saturated rings. The molecule has 0 saturated carbocycles. The van der Waals surface area contributed by atoms with Crippen molar-refractivity contribution >= 4 is 26.5 Å². The van der Waals surface area contributed by atoms with Crippen molar-refractivity contribution in [2.45, 2.75) is 31.2 Å². The number of Topliss-reactive ketones (excluding diaryl/α,β-unsaturated/α-hetero) is 1. The zero-order valence-electron chi connectivity index (χ0n) is 21.7. The minimum Gasteiger partial charge on any atom is -0.389 e. The standard InChI is InChI=1S/C26H31F2N3O6S/c1-26(24(33)15-32,38(4,35)36)7-8-31-16-29-23-13-19(22(28)12-20(23)25(31)34)18-6-5-17(11-21(18)27)14-30(2)9-10-37-3/h5-6,11-13,16,32H,7-10,14-15H2,1-4H3/t26-/m1/s1. The Labute approximate surface area is 219 Å². The van der Waals surface area contributed by atoms with Gasteiger partial charge in [-0.2, -0.15) is 0 Å². The predicted octanol–water partition coefficient (Wildman–Crippen LogP) is 2.17. The van der Waals surface area contributed by atoms with Crippen molar-refractivity contribution in [2.24, 2.45) is 0 Å². The molecule has 3 aromatic rings. The van der Waals surface area contributed by atoms with Crippen LogP contribution in [-0.2, 0) is 32.5 Å². The van der Waals surface area contributed by atoms with Crippen molar-refractivity contribution in [3.05, 3.63) is 64.2 Å². The highest BCUT2D eigenvalue weighted by Gasteiger charge is 2.42. The Balaban J connectivity index is 1.92. The van der Waals surface area contributed by atoms with Crippen molar-refractivity contribution < 1.29 is 31.8 Å². The number of aromatic nitrogens is 2. The van der Waals surface area contributed by atoms with Gasteiger partial charge in [0.05, 0.1) is 23.8 Å². The lowest BCUT2D eigenvalue weighted by Crippen LogP contribution is -2.46. The van der Waals surface area contributed by atoms with Gasteiger partial charge in [-0.25, -0.2) is 22.2 Å². The zero-order valence-corrected chi connectivity index (χ0v) is 22.5. The van der Waals surface area contributed by atoms with Gasteiger partial charge in [-0.1, -0.05) is 12.1 Å². The van der Waals surface area contributed by atoms with E-state index in [1.807, 2.05) is 11.9 Å². The minimum atomic E-state index is -3.91. The summed E-state index contributed by atoms with van der Waals surface area (Å²) in [5.74, 6) is -2.34. The number of aryl methyl sites for hydroxylation is 1. The molecule has 0 unspecified atom stereocenters. The van der Waals surface area contributed by atoms with Crippen LogP contribution in [0.25, 0.3) is 22.0 Å². The van der Waals surface area contributed by atoms with Crippen molar-refractivity contribution in [1.82, 2.24) is 14.5 Å². The van der Waals surface area contributed by atoms with Gasteiger partial charge < -0.3 is 9.84 Å². The third-order valence-corrected chi connectivity index (χ3v) is 8.82. The highest BCUT2D eigenvalue weighted by atomic mass is 32.2. The van der Waals surface area contributed by atoms with E-state index in [0.717, 1.165) is 23.2 Å². The van der Waals surface area contributed by atoms with Crippen molar-refractivity contribution in [3.63, 3.8) is 0 Å². The lowest BCUT2D eigenvalue weighted by atomic mass is 10.0. The predicted molar refractivity (Wildman–Crippen MR) is 140 cm³/mol. The topological polar surface area (TPSA) is 119 Å². The minimum absolute atomic E-state index is 0.0186. The Morgan fingerprint density at radius 2 is 1.87 bits per heavy atom. The van der Waals surface area contributed by atoms with E-state index in [-0.39, 0.29) is 35.0 Å². The van der Waals surface area contributed by atoms with Crippen LogP contribution in [0.2, 0.25) is 0 Å². The van der Waals surface area contributed by atoms with Crippen LogP contribution in [0.1, 0.15) is 18.9 Å². The molecule has 0 saturated heterocycles. The molecule has 206 valence electrons. The number of ketones is 1. The number of benzene rings is 2. The third-order valence-electron chi connectivity index (χ3n) is 6.75. The van der Waals surface area contributed by atoms with E-state index in [4.69, 9.17) is 4.74 Å². The maximum absolute atomic E-state index is 15.1. The van der Waals surface area contributed by atoms with Gasteiger partial charge >= 0.3 is 0 Å². The van der Waals surface area contributed by atoms with Gasteiger partial charge in [-0.15, -0.1) is 0 Å². The average Bonchev–Trinajstić information content (AvgIpc) is 2.86. The summed E-state index contributed by atoms with van der Waals surface area (Å²) in [5.41, 5.74) is 0.139. The summed E-state index contributed by atoms with van der Waals surface area (Å²) in [4.78, 5) is 31.3. The van der Waals surface area contributed by atoms with E-state index in [9.17, 15) is 27.5 Å². The van der Waals surface area contributed by atoms with E-state index in [0.29, 0.717) is 25.3 Å². The third kappa shape index (κ3) is 6.15. The first-order valence-electron chi connectivity index (χ1n) is 11.8. The average molecular weight is 552 g/mol. The Bertz CT molecular complexity index is 1510. The number of aliphatic hydroxyl groups is 1.